The normalized spacial score (nSPS) is 20.2. The summed E-state index contributed by atoms with van der Waals surface area (Å²) in [6.07, 6.45) is 1.19. The molecule has 1 rings (SSSR count). The van der Waals surface area contributed by atoms with Gasteiger partial charge in [0, 0.05) is 13.1 Å². The van der Waals surface area contributed by atoms with Gasteiger partial charge in [-0.15, -0.1) is 0 Å². The summed E-state index contributed by atoms with van der Waals surface area (Å²) in [4.78, 5) is 12.9. The van der Waals surface area contributed by atoms with Gasteiger partial charge in [0.2, 0.25) is 5.91 Å². The largest absolute Gasteiger partial charge is 0.368 e. The number of likely N-dealkylation sites (tertiary alicyclic amines) is 1. The van der Waals surface area contributed by atoms with E-state index < -0.39 is 5.54 Å². The van der Waals surface area contributed by atoms with Gasteiger partial charge in [-0.05, 0) is 20.3 Å². The standard InChI is InChI=1S/C7H14N2O/c1-7(2,6(8)10)9-4-3-5-9/h3-5H2,1-2H3,(H2,8,10). The smallest absolute Gasteiger partial charge is 0.237 e. The highest BCUT2D eigenvalue weighted by Crippen LogP contribution is 2.20. The summed E-state index contributed by atoms with van der Waals surface area (Å²) in [6.45, 7) is 5.76. The molecule has 1 amide bonds. The highest BCUT2D eigenvalue weighted by Gasteiger charge is 2.35. The van der Waals surface area contributed by atoms with Crippen LogP contribution in [-0.4, -0.2) is 29.4 Å². The molecule has 1 aliphatic heterocycles. The second kappa shape index (κ2) is 2.23. The van der Waals surface area contributed by atoms with Gasteiger partial charge < -0.3 is 5.73 Å². The van der Waals surface area contributed by atoms with Crippen molar-refractivity contribution in [2.45, 2.75) is 25.8 Å². The third-order valence-electron chi connectivity index (χ3n) is 2.25. The van der Waals surface area contributed by atoms with E-state index in [0.29, 0.717) is 0 Å². The number of hydrogen-bond donors (Lipinski definition) is 1. The van der Waals surface area contributed by atoms with Gasteiger partial charge in [-0.25, -0.2) is 0 Å². The third-order valence-corrected chi connectivity index (χ3v) is 2.25. The van der Waals surface area contributed by atoms with E-state index in [0.717, 1.165) is 13.1 Å². The fraction of sp³-hybridized carbons (Fsp3) is 0.857. The molecule has 0 unspecified atom stereocenters. The van der Waals surface area contributed by atoms with Gasteiger partial charge in [0.25, 0.3) is 0 Å². The molecule has 0 saturated carbocycles. The molecule has 58 valence electrons. The van der Waals surface area contributed by atoms with Gasteiger partial charge in [0.1, 0.15) is 0 Å². The van der Waals surface area contributed by atoms with Gasteiger partial charge in [0.05, 0.1) is 5.54 Å². The quantitative estimate of drug-likeness (QED) is 0.588. The SMILES string of the molecule is CC(C)(C(N)=O)N1CCC1. The van der Waals surface area contributed by atoms with E-state index in [1.165, 1.54) is 6.42 Å². The van der Waals surface area contributed by atoms with Crippen LogP contribution >= 0.6 is 0 Å². The molecule has 3 nitrogen and oxygen atoms in total. The monoisotopic (exact) mass is 142 g/mol. The Hall–Kier alpha value is -0.570. The lowest BCUT2D eigenvalue weighted by Crippen LogP contribution is -2.58. The van der Waals surface area contributed by atoms with Crippen LogP contribution in [0.4, 0.5) is 0 Å². The zero-order valence-electron chi connectivity index (χ0n) is 6.55. The summed E-state index contributed by atoms with van der Waals surface area (Å²) >= 11 is 0. The van der Waals surface area contributed by atoms with Crippen LogP contribution in [0.1, 0.15) is 20.3 Å². The molecule has 0 atom stereocenters. The van der Waals surface area contributed by atoms with Crippen LogP contribution in [0.25, 0.3) is 0 Å². The van der Waals surface area contributed by atoms with Crippen molar-refractivity contribution < 1.29 is 4.79 Å². The van der Waals surface area contributed by atoms with E-state index in [2.05, 4.69) is 4.90 Å². The van der Waals surface area contributed by atoms with Crippen LogP contribution in [-0.2, 0) is 4.79 Å². The highest BCUT2D eigenvalue weighted by molar-refractivity contribution is 5.83. The summed E-state index contributed by atoms with van der Waals surface area (Å²) in [6, 6.07) is 0. The Morgan fingerprint density at radius 3 is 2.10 bits per heavy atom. The lowest BCUT2D eigenvalue weighted by atomic mass is 9.98. The molecule has 10 heavy (non-hydrogen) atoms. The van der Waals surface area contributed by atoms with Crippen LogP contribution in [0, 0.1) is 0 Å². The van der Waals surface area contributed by atoms with E-state index in [1.807, 2.05) is 13.8 Å². The van der Waals surface area contributed by atoms with E-state index >= 15 is 0 Å². The molecular formula is C7H14N2O. The second-order valence-corrected chi connectivity index (χ2v) is 3.26. The molecule has 0 spiro atoms. The zero-order valence-corrected chi connectivity index (χ0v) is 6.55. The Morgan fingerprint density at radius 1 is 1.50 bits per heavy atom. The average Bonchev–Trinajstić information content (AvgIpc) is 1.57. The van der Waals surface area contributed by atoms with Crippen LogP contribution in [0.15, 0.2) is 0 Å². The zero-order chi connectivity index (χ0) is 7.78. The van der Waals surface area contributed by atoms with Crippen LogP contribution in [0.5, 0.6) is 0 Å². The van der Waals surface area contributed by atoms with E-state index in [4.69, 9.17) is 5.73 Å². The third kappa shape index (κ3) is 1.01. The van der Waals surface area contributed by atoms with Crippen molar-refractivity contribution in [1.29, 1.82) is 0 Å². The minimum atomic E-state index is -0.432. The molecule has 1 saturated heterocycles. The maximum atomic E-state index is 10.8. The van der Waals surface area contributed by atoms with Crippen molar-refractivity contribution in [3.05, 3.63) is 0 Å². The molecule has 1 aliphatic rings. The molecule has 1 heterocycles. The number of carbonyl (C=O) groups excluding carboxylic acids is 1. The summed E-state index contributed by atoms with van der Waals surface area (Å²) in [5, 5.41) is 0. The summed E-state index contributed by atoms with van der Waals surface area (Å²) in [5.74, 6) is -0.229. The molecule has 0 bridgehead atoms. The first-order valence-electron chi connectivity index (χ1n) is 3.60. The van der Waals surface area contributed by atoms with Gasteiger partial charge in [0.15, 0.2) is 0 Å². The molecule has 2 N–H and O–H groups in total. The maximum Gasteiger partial charge on any atom is 0.237 e. The minimum Gasteiger partial charge on any atom is -0.368 e. The number of nitrogens with two attached hydrogens (primary N) is 1. The Balaban J connectivity index is 2.57. The number of hydrogen-bond acceptors (Lipinski definition) is 2. The number of carbonyl (C=O) groups is 1. The van der Waals surface area contributed by atoms with Gasteiger partial charge >= 0.3 is 0 Å². The molecule has 0 aromatic heterocycles. The summed E-state index contributed by atoms with van der Waals surface area (Å²) in [7, 11) is 0. The van der Waals surface area contributed by atoms with Gasteiger partial charge in [-0.2, -0.15) is 0 Å². The Labute approximate surface area is 61.2 Å². The first-order chi connectivity index (χ1) is 4.55. The fourth-order valence-electron chi connectivity index (χ4n) is 1.03. The lowest BCUT2D eigenvalue weighted by Gasteiger charge is -2.42. The molecule has 0 aromatic rings. The van der Waals surface area contributed by atoms with E-state index in [9.17, 15) is 4.79 Å². The molecule has 0 aromatic carbocycles. The number of nitrogens with zero attached hydrogens (tertiary/aromatic N) is 1. The second-order valence-electron chi connectivity index (χ2n) is 3.26. The summed E-state index contributed by atoms with van der Waals surface area (Å²) < 4.78 is 0. The fourth-order valence-corrected chi connectivity index (χ4v) is 1.03. The van der Waals surface area contributed by atoms with Crippen molar-refractivity contribution >= 4 is 5.91 Å². The van der Waals surface area contributed by atoms with E-state index in [-0.39, 0.29) is 5.91 Å². The first kappa shape index (κ1) is 7.54. The van der Waals surface area contributed by atoms with Gasteiger partial charge in [-0.1, -0.05) is 0 Å². The molecule has 0 aliphatic carbocycles. The predicted octanol–water partition coefficient (Wildman–Crippen LogP) is -0.0440. The Morgan fingerprint density at radius 2 is 2.00 bits per heavy atom. The Kier molecular flexibility index (Phi) is 1.68. The number of amides is 1. The van der Waals surface area contributed by atoms with Crippen molar-refractivity contribution in [3.63, 3.8) is 0 Å². The average molecular weight is 142 g/mol. The van der Waals surface area contributed by atoms with Crippen molar-refractivity contribution in [3.8, 4) is 0 Å². The van der Waals surface area contributed by atoms with Gasteiger partial charge in [-0.3, -0.25) is 9.69 Å². The lowest BCUT2D eigenvalue weighted by molar-refractivity contribution is -0.130. The highest BCUT2D eigenvalue weighted by atomic mass is 16.1. The van der Waals surface area contributed by atoms with Crippen LogP contribution < -0.4 is 5.73 Å². The minimum absolute atomic E-state index is 0.229. The van der Waals surface area contributed by atoms with Crippen molar-refractivity contribution in [2.24, 2.45) is 5.73 Å². The molecule has 0 radical (unpaired) electrons. The maximum absolute atomic E-state index is 10.8. The summed E-state index contributed by atoms with van der Waals surface area (Å²) in [5.41, 5.74) is 4.77. The van der Waals surface area contributed by atoms with Crippen molar-refractivity contribution in [2.75, 3.05) is 13.1 Å². The molecular weight excluding hydrogens is 128 g/mol. The molecule has 1 fully saturated rings. The van der Waals surface area contributed by atoms with Crippen LogP contribution in [0.3, 0.4) is 0 Å². The topological polar surface area (TPSA) is 46.3 Å². The number of primary amides is 1. The van der Waals surface area contributed by atoms with Crippen LogP contribution in [0.2, 0.25) is 0 Å². The number of rotatable bonds is 2. The van der Waals surface area contributed by atoms with Crippen molar-refractivity contribution in [1.82, 2.24) is 4.90 Å². The molecule has 3 heteroatoms. The predicted molar refractivity (Wildman–Crippen MR) is 39.5 cm³/mol. The first-order valence-corrected chi connectivity index (χ1v) is 3.60. The Bertz CT molecular complexity index is 150. The van der Waals surface area contributed by atoms with E-state index in [1.54, 1.807) is 0 Å².